The number of pyridine rings is 1. The monoisotopic (exact) mass is 549 g/mol. The van der Waals surface area contributed by atoms with Crippen LogP contribution in [0.3, 0.4) is 0 Å². The summed E-state index contributed by atoms with van der Waals surface area (Å²) in [6, 6.07) is 0.664. The van der Waals surface area contributed by atoms with Gasteiger partial charge in [0.1, 0.15) is 16.8 Å². The fourth-order valence-electron chi connectivity index (χ4n) is 4.19. The molecule has 1 aliphatic carbocycles. The molecule has 1 saturated heterocycles. The molecule has 14 heteroatoms. The molecule has 4 rings (SSSR count). The number of halogens is 4. The van der Waals surface area contributed by atoms with E-state index in [9.17, 15) is 27.9 Å². The van der Waals surface area contributed by atoms with Crippen LogP contribution >= 0.6 is 15.9 Å². The second kappa shape index (κ2) is 9.86. The van der Waals surface area contributed by atoms with Gasteiger partial charge in [0, 0.05) is 30.9 Å². The molecule has 2 atom stereocenters. The number of piperazine rings is 1. The van der Waals surface area contributed by atoms with Crippen molar-refractivity contribution in [2.75, 3.05) is 18.0 Å². The van der Waals surface area contributed by atoms with Gasteiger partial charge >= 0.3 is 18.1 Å². The maximum Gasteiger partial charge on any atom is 0.490 e. The molecular weight excluding hydrogens is 527 g/mol. The van der Waals surface area contributed by atoms with Crippen LogP contribution in [0.25, 0.3) is 11.2 Å². The van der Waals surface area contributed by atoms with E-state index in [1.807, 2.05) is 6.92 Å². The molecule has 186 valence electrons. The highest BCUT2D eigenvalue weighted by Gasteiger charge is 2.40. The molecule has 2 aromatic heterocycles. The van der Waals surface area contributed by atoms with Crippen LogP contribution in [0.1, 0.15) is 31.2 Å². The molecule has 0 unspecified atom stereocenters. The molecule has 1 aliphatic heterocycles. The van der Waals surface area contributed by atoms with E-state index in [2.05, 4.69) is 36.1 Å². The van der Waals surface area contributed by atoms with Gasteiger partial charge in [0.2, 0.25) is 5.43 Å². The second-order valence-corrected chi connectivity index (χ2v) is 8.68. The molecule has 2 aliphatic rings. The van der Waals surface area contributed by atoms with Gasteiger partial charge in [-0.05, 0) is 42.1 Å². The molecule has 0 aromatic carbocycles. The molecule has 10 nitrogen and oxygen atoms in total. The van der Waals surface area contributed by atoms with Crippen LogP contribution < -0.4 is 15.6 Å². The summed E-state index contributed by atoms with van der Waals surface area (Å²) >= 11 is 3.35. The number of carboxylic acid groups (broad SMARTS) is 2. The lowest BCUT2D eigenvalue weighted by Gasteiger charge is -2.50. The molecule has 0 amide bonds. The van der Waals surface area contributed by atoms with E-state index in [1.165, 1.54) is 0 Å². The number of hydrogen-bond donors (Lipinski definition) is 3. The molecule has 2 aromatic rings. The molecule has 0 bridgehead atoms. The van der Waals surface area contributed by atoms with Crippen LogP contribution in [0.15, 0.2) is 9.40 Å². The summed E-state index contributed by atoms with van der Waals surface area (Å²) in [4.78, 5) is 45.0. The third-order valence-electron chi connectivity index (χ3n) is 5.83. The minimum absolute atomic E-state index is 0.163. The normalized spacial score (nSPS) is 19.6. The molecule has 3 heterocycles. The van der Waals surface area contributed by atoms with Gasteiger partial charge in [-0.3, -0.25) is 9.59 Å². The predicted molar refractivity (Wildman–Crippen MR) is 119 cm³/mol. The van der Waals surface area contributed by atoms with E-state index in [0.29, 0.717) is 34.1 Å². The van der Waals surface area contributed by atoms with Gasteiger partial charge in [-0.15, -0.1) is 0 Å². The number of fused-ring (bicyclic) bond motifs is 2. The molecule has 34 heavy (non-hydrogen) atoms. The smallest absolute Gasteiger partial charge is 0.480 e. The van der Waals surface area contributed by atoms with Gasteiger partial charge in [0.15, 0.2) is 11.2 Å². The van der Waals surface area contributed by atoms with Crippen molar-refractivity contribution in [1.82, 2.24) is 19.9 Å². The Bertz CT molecular complexity index is 1190. The topological polar surface area (TPSA) is 138 Å². The fourth-order valence-corrected chi connectivity index (χ4v) is 4.46. The van der Waals surface area contributed by atoms with E-state index in [4.69, 9.17) is 9.90 Å². The number of aliphatic carboxylic acids is 2. The van der Waals surface area contributed by atoms with Gasteiger partial charge in [0.25, 0.3) is 0 Å². The Labute approximate surface area is 199 Å². The van der Waals surface area contributed by atoms with E-state index in [1.54, 1.807) is 11.5 Å². The minimum Gasteiger partial charge on any atom is -0.480 e. The first-order valence-corrected chi connectivity index (χ1v) is 11.3. The van der Waals surface area contributed by atoms with Gasteiger partial charge in [-0.25, -0.2) is 14.8 Å². The molecular formula is C20H23BrF3N5O5. The van der Waals surface area contributed by atoms with Crippen LogP contribution in [-0.2, 0) is 22.6 Å². The van der Waals surface area contributed by atoms with Crippen LogP contribution in [0.5, 0.6) is 0 Å². The second-order valence-electron chi connectivity index (χ2n) is 7.93. The van der Waals surface area contributed by atoms with Crippen molar-refractivity contribution in [3.05, 3.63) is 26.2 Å². The standard InChI is InChI=1S/C18H22BrN5O3.C2HF3O2/c1-3-11-15(23-7-6-20-10-4-5-12(10)23)16(27)14-18(24(11)8-13(25)26)21-9(2)17(19)22-14;3-2(4,5)1(6)7/h10,12,20H,3-8H2,1-2H3,(H,25,26);(H,6,7)/t10-,12-;/m0./s1. The third-order valence-corrected chi connectivity index (χ3v) is 6.59. The molecule has 1 saturated carbocycles. The van der Waals surface area contributed by atoms with Crippen molar-refractivity contribution >= 4 is 44.7 Å². The maximum atomic E-state index is 13.4. The first-order valence-electron chi connectivity index (χ1n) is 10.5. The quantitative estimate of drug-likeness (QED) is 0.523. The number of aryl methyl sites for hydroxylation is 1. The van der Waals surface area contributed by atoms with Gasteiger partial charge < -0.3 is 25.0 Å². The van der Waals surface area contributed by atoms with Crippen molar-refractivity contribution in [2.45, 2.75) is 57.9 Å². The van der Waals surface area contributed by atoms with Crippen molar-refractivity contribution in [1.29, 1.82) is 0 Å². The van der Waals surface area contributed by atoms with Crippen LogP contribution in [-0.4, -0.2) is 68.0 Å². The Balaban J connectivity index is 0.000000406. The van der Waals surface area contributed by atoms with Crippen LogP contribution in [0.2, 0.25) is 0 Å². The highest BCUT2D eigenvalue weighted by atomic mass is 79.9. The van der Waals surface area contributed by atoms with Crippen LogP contribution in [0, 0.1) is 6.92 Å². The zero-order valence-corrected chi connectivity index (χ0v) is 19.9. The largest absolute Gasteiger partial charge is 0.490 e. The van der Waals surface area contributed by atoms with Crippen LogP contribution in [0.4, 0.5) is 18.9 Å². The number of rotatable bonds is 4. The van der Waals surface area contributed by atoms with E-state index in [-0.39, 0.29) is 23.5 Å². The number of alkyl halides is 3. The highest BCUT2D eigenvalue weighted by Crippen LogP contribution is 2.33. The molecule has 0 spiro atoms. The number of hydrogen-bond acceptors (Lipinski definition) is 7. The lowest BCUT2D eigenvalue weighted by molar-refractivity contribution is -0.192. The maximum absolute atomic E-state index is 13.4. The average molecular weight is 550 g/mol. The Morgan fingerprint density at radius 3 is 2.38 bits per heavy atom. The van der Waals surface area contributed by atoms with Crippen molar-refractivity contribution in [3.63, 3.8) is 0 Å². The summed E-state index contributed by atoms with van der Waals surface area (Å²) in [6.07, 6.45) is -2.41. The average Bonchev–Trinajstić information content (AvgIpc) is 2.71. The zero-order chi connectivity index (χ0) is 25.4. The van der Waals surface area contributed by atoms with Gasteiger partial charge in [-0.1, -0.05) is 6.92 Å². The zero-order valence-electron chi connectivity index (χ0n) is 18.3. The lowest BCUT2D eigenvalue weighted by atomic mass is 9.83. The number of carboxylic acids is 2. The number of nitrogens with zero attached hydrogens (tertiary/aromatic N) is 4. The summed E-state index contributed by atoms with van der Waals surface area (Å²) in [6.45, 7) is 5.01. The molecule has 2 fully saturated rings. The Hall–Kier alpha value is -2.74. The minimum atomic E-state index is -5.08. The summed E-state index contributed by atoms with van der Waals surface area (Å²) in [5.74, 6) is -3.72. The Kier molecular flexibility index (Phi) is 7.50. The van der Waals surface area contributed by atoms with Crippen molar-refractivity contribution < 1.29 is 33.0 Å². The number of carbonyl (C=O) groups is 2. The first kappa shape index (κ1) is 25.9. The summed E-state index contributed by atoms with van der Waals surface area (Å²) < 4.78 is 33.9. The highest BCUT2D eigenvalue weighted by molar-refractivity contribution is 9.10. The number of aromatic nitrogens is 3. The third kappa shape index (κ3) is 5.02. The molecule has 0 radical (unpaired) electrons. The number of nitrogens with one attached hydrogen (secondary N) is 1. The summed E-state index contributed by atoms with van der Waals surface area (Å²) in [7, 11) is 0. The Morgan fingerprint density at radius 2 is 1.88 bits per heavy atom. The lowest BCUT2D eigenvalue weighted by Crippen LogP contribution is -2.64. The van der Waals surface area contributed by atoms with Gasteiger partial charge in [0.05, 0.1) is 5.69 Å². The SMILES string of the molecule is CCc1c(N2CCN[C@H]3CC[C@@H]32)c(=O)c2nc(Br)c(C)nc2n1CC(=O)O.O=C(O)C(F)(F)F. The number of anilines is 1. The first-order chi connectivity index (χ1) is 15.9. The fraction of sp³-hybridized carbons (Fsp3) is 0.550. The van der Waals surface area contributed by atoms with E-state index in [0.717, 1.165) is 31.6 Å². The van der Waals surface area contributed by atoms with E-state index >= 15 is 0 Å². The summed E-state index contributed by atoms with van der Waals surface area (Å²) in [5, 5.41) is 20.1. The van der Waals surface area contributed by atoms with Crippen molar-refractivity contribution in [2.24, 2.45) is 0 Å². The molecule has 3 N–H and O–H groups in total. The Morgan fingerprint density at radius 1 is 1.24 bits per heavy atom. The van der Waals surface area contributed by atoms with Crippen molar-refractivity contribution in [3.8, 4) is 0 Å². The van der Waals surface area contributed by atoms with E-state index < -0.39 is 18.1 Å². The van der Waals surface area contributed by atoms with Gasteiger partial charge in [-0.2, -0.15) is 13.2 Å². The summed E-state index contributed by atoms with van der Waals surface area (Å²) in [5.41, 5.74) is 2.33. The predicted octanol–water partition coefficient (Wildman–Crippen LogP) is 2.08.